The van der Waals surface area contributed by atoms with Crippen LogP contribution >= 0.6 is 46.9 Å². The standard InChI is InChI=1S/C21H27ClO2S.C21H28O2S.C20H28O2S.C17H23NO5.C17H26O3.C15H21NO2.C14H19NO2/c1-15(2)17-5-9-19(10-6-17)23-13-20(24-16(3)4)14-25-21-11-7-18(22)8-12-21;1-16(2)18-10-12-19(13-11-18)22-14-20(23-17(3)4)15-24-21-8-6-5-7-9-21;1-15(2)17-9-11-18(12-10-17)21-13-19(22-16(3)4)14-23-20-7-5-6-8-20;1-4-16(19)22-10-9-18-17(20)23-12-11-21-15-7-5-14(6-8-15)13(2)3;1-12(2)14-5-7-15(8-6-14)19-11-17(13(3)4)20-10-16-9-18-16;1-11(2)13-5-7-14(8-6-13)16-9-10-18-15(17)12(3)4;1-4-14(16)17-10-9-15-13-7-5-12(6-8-13)11(2)3/h5-12,15-16,20H,13-14H2,1-4H3;5-13,16-17,20H,14-15H2,1-4H3;5,7-12,15-16,19H,6,13-14H2,1-4H3;4-8,13H,1,9-12H2,2-3H3,(H,18,20);5-8,12-13,16-17H,9-11H2,1-4H3;5-8,11,16H,3,9-10H2,1-2,4H3;4-8,11,15H,1,9-10H2,2-3H3. The number of esters is 3. The maximum atomic E-state index is 11.3. The summed E-state index contributed by atoms with van der Waals surface area (Å²) in [7, 11) is 0. The molecule has 21 nitrogen and oxygen atoms in total. The summed E-state index contributed by atoms with van der Waals surface area (Å²) in [6.45, 7) is 65.2. The summed E-state index contributed by atoms with van der Waals surface area (Å²) in [4.78, 5) is 47.8. The molecule has 1 fully saturated rings. The quantitative estimate of drug-likeness (QED) is 0.00802. The van der Waals surface area contributed by atoms with Gasteiger partial charge in [0.1, 0.15) is 113 Å². The molecule has 0 bridgehead atoms. The van der Waals surface area contributed by atoms with Crippen molar-refractivity contribution in [2.24, 2.45) is 5.92 Å². The number of nitrogens with one attached hydrogen (secondary N) is 3. The van der Waals surface area contributed by atoms with Gasteiger partial charge in [-0.25, -0.2) is 19.2 Å². The van der Waals surface area contributed by atoms with Gasteiger partial charge in [-0.2, -0.15) is 0 Å². The van der Waals surface area contributed by atoms with Crippen LogP contribution < -0.4 is 39.6 Å². The van der Waals surface area contributed by atoms with Crippen molar-refractivity contribution in [1.82, 2.24) is 5.32 Å². The topological polar surface area (TPSA) is 237 Å². The summed E-state index contributed by atoms with van der Waals surface area (Å²) in [5, 5.41) is 9.59. The van der Waals surface area contributed by atoms with Crippen LogP contribution in [0.5, 0.6) is 28.7 Å². The number of benzene rings is 9. The van der Waals surface area contributed by atoms with E-state index >= 15 is 0 Å². The SMILES string of the molecule is C=C(C)C(=O)OCCNc1ccc(C(C)C)cc1.C=CC(=O)OCCNC(=O)OCCOc1ccc(C(C)C)cc1.C=CC(=O)OCCNc1ccc(C(C)C)cc1.CC(C)OC(COc1ccc(C(C)C)cc1)CSC1=CCC=C1.CC(C)OC(COc1ccc(C(C)C)cc1)CSc1ccc(Cl)cc1.CC(C)OC(COc1ccc(C(C)C)cc1)CSc1ccccc1.CC(C)c1ccc(OCC(OCC2CO2)C(C)C)cc1. The van der Waals surface area contributed by atoms with Crippen LogP contribution in [0.4, 0.5) is 16.2 Å². The number of thioether (sulfide) groups is 3. The van der Waals surface area contributed by atoms with E-state index in [0.29, 0.717) is 118 Å². The number of amides is 1. The Kier molecular flexibility index (Phi) is 64.7. The molecule has 9 aromatic carbocycles. The van der Waals surface area contributed by atoms with E-state index in [4.69, 9.17) is 77.9 Å². The molecule has 5 unspecified atom stereocenters. The Bertz CT molecular complexity index is 5250. The van der Waals surface area contributed by atoms with Gasteiger partial charge in [-0.05, 0) is 263 Å². The lowest BCUT2D eigenvalue weighted by molar-refractivity contribution is -0.139. The molecular formula is C125H172ClN3O18S3. The first kappa shape index (κ1) is 130. The number of rotatable bonds is 56. The summed E-state index contributed by atoms with van der Waals surface area (Å²) in [6, 6.07) is 76.1. The van der Waals surface area contributed by atoms with Gasteiger partial charge in [0.2, 0.25) is 0 Å². The van der Waals surface area contributed by atoms with Crippen LogP contribution in [0.3, 0.4) is 0 Å². The number of allylic oxidation sites excluding steroid dienone is 3. The molecule has 3 N–H and O–H groups in total. The maximum Gasteiger partial charge on any atom is 0.407 e. The van der Waals surface area contributed by atoms with Gasteiger partial charge in [-0.3, -0.25) is 0 Å². The van der Waals surface area contributed by atoms with Crippen molar-refractivity contribution in [1.29, 1.82) is 0 Å². The number of anilines is 2. The Morgan fingerprint density at radius 2 is 0.727 bits per heavy atom. The predicted octanol–water partition coefficient (Wildman–Crippen LogP) is 30.3. The molecule has 1 saturated heterocycles. The molecule has 1 aliphatic carbocycles. The van der Waals surface area contributed by atoms with Crippen LogP contribution in [-0.4, -0.2) is 182 Å². The highest BCUT2D eigenvalue weighted by molar-refractivity contribution is 8.03. The fourth-order valence-corrected chi connectivity index (χ4v) is 16.4. The van der Waals surface area contributed by atoms with E-state index < -0.39 is 12.1 Å². The maximum absolute atomic E-state index is 11.3. The van der Waals surface area contributed by atoms with Gasteiger partial charge < -0.3 is 82.3 Å². The van der Waals surface area contributed by atoms with Gasteiger partial charge in [0.15, 0.2) is 0 Å². The largest absolute Gasteiger partial charge is 0.491 e. The first-order valence-electron chi connectivity index (χ1n) is 52.6. The molecule has 0 aromatic heterocycles. The van der Waals surface area contributed by atoms with E-state index in [-0.39, 0.29) is 81.0 Å². The van der Waals surface area contributed by atoms with Crippen LogP contribution in [0.1, 0.15) is 246 Å². The van der Waals surface area contributed by atoms with Crippen LogP contribution in [0, 0.1) is 5.92 Å². The lowest BCUT2D eigenvalue weighted by Gasteiger charge is -2.21. The first-order chi connectivity index (χ1) is 71.7. The average molecular weight is 2140 g/mol. The molecule has 0 saturated carbocycles. The van der Waals surface area contributed by atoms with Gasteiger partial charge in [-0.1, -0.05) is 263 Å². The van der Waals surface area contributed by atoms with E-state index in [1.165, 1.54) is 53.6 Å². The zero-order valence-electron chi connectivity index (χ0n) is 93.3. The van der Waals surface area contributed by atoms with Crippen molar-refractivity contribution < 1.29 is 85.5 Å². The second-order valence-corrected chi connectivity index (χ2v) is 43.0. The third kappa shape index (κ3) is 59.2. The minimum absolute atomic E-state index is 0.0328. The van der Waals surface area contributed by atoms with E-state index in [9.17, 15) is 19.2 Å². The van der Waals surface area contributed by atoms with Crippen LogP contribution in [0.2, 0.25) is 5.02 Å². The molecule has 1 aliphatic heterocycles. The second kappa shape index (κ2) is 75.0. The van der Waals surface area contributed by atoms with E-state index in [1.54, 1.807) is 18.7 Å². The van der Waals surface area contributed by atoms with Crippen LogP contribution in [-0.2, 0) is 57.0 Å². The molecular weight excluding hydrogens is 1960 g/mol. The molecule has 820 valence electrons. The highest BCUT2D eigenvalue weighted by atomic mass is 35.5. The number of alkyl carbamates (subject to hydrolysis) is 1. The molecule has 9 aromatic rings. The summed E-state index contributed by atoms with van der Waals surface area (Å²) in [5.41, 5.74) is 11.7. The zero-order valence-corrected chi connectivity index (χ0v) is 96.5. The summed E-state index contributed by atoms with van der Waals surface area (Å²) in [6.07, 6.45) is 10.5. The number of hydrogen-bond donors (Lipinski definition) is 3. The second-order valence-electron chi connectivity index (χ2n) is 39.3. The highest BCUT2D eigenvalue weighted by Gasteiger charge is 2.27. The predicted molar refractivity (Wildman–Crippen MR) is 624 cm³/mol. The molecule has 150 heavy (non-hydrogen) atoms. The molecule has 1 heterocycles. The molecule has 11 rings (SSSR count). The fraction of sp³-hybridized carbons (Fsp3) is 0.456. The molecule has 5 atom stereocenters. The highest BCUT2D eigenvalue weighted by Crippen LogP contribution is 2.31. The Morgan fingerprint density at radius 3 is 1.05 bits per heavy atom. The molecule has 2 aliphatic rings. The van der Waals surface area contributed by atoms with Crippen molar-refractivity contribution in [2.75, 3.05) is 120 Å². The number of ether oxygens (including phenoxy) is 14. The minimum Gasteiger partial charge on any atom is -0.491 e. The van der Waals surface area contributed by atoms with Crippen molar-refractivity contribution in [3.8, 4) is 28.7 Å². The van der Waals surface area contributed by atoms with Crippen LogP contribution in [0.25, 0.3) is 0 Å². The molecule has 0 radical (unpaired) electrons. The number of carbonyl (C=O) groups is 4. The number of hydrogen-bond acceptors (Lipinski definition) is 23. The molecule has 25 heteroatoms. The zero-order chi connectivity index (χ0) is 110. The van der Waals surface area contributed by atoms with Gasteiger partial charge >= 0.3 is 24.0 Å². The smallest absolute Gasteiger partial charge is 0.407 e. The number of epoxide rings is 1. The normalized spacial score (nSPS) is 13.0. The van der Waals surface area contributed by atoms with Gasteiger partial charge in [0.25, 0.3) is 0 Å². The van der Waals surface area contributed by atoms with Gasteiger partial charge in [0, 0.05) is 79.2 Å². The Hall–Kier alpha value is -10.9. The Morgan fingerprint density at radius 1 is 0.393 bits per heavy atom. The lowest BCUT2D eigenvalue weighted by atomic mass is 10.0. The van der Waals surface area contributed by atoms with Crippen molar-refractivity contribution >= 4 is 82.3 Å². The number of halogens is 1. The molecule has 0 spiro atoms. The first-order valence-corrected chi connectivity index (χ1v) is 56.0. The van der Waals surface area contributed by atoms with Gasteiger partial charge in [0.05, 0.1) is 44.2 Å². The van der Waals surface area contributed by atoms with Crippen molar-refractivity contribution in [3.05, 3.63) is 329 Å². The average Bonchev–Trinajstić information content (AvgIpc) is 1.36. The third-order valence-electron chi connectivity index (χ3n) is 22.5. The van der Waals surface area contributed by atoms with Crippen molar-refractivity contribution in [2.45, 2.75) is 266 Å². The van der Waals surface area contributed by atoms with E-state index in [2.05, 4.69) is 315 Å². The lowest BCUT2D eigenvalue weighted by Crippen LogP contribution is -2.29. The molecule has 1 amide bonds. The van der Waals surface area contributed by atoms with E-state index in [1.807, 2.05) is 139 Å². The third-order valence-corrected chi connectivity index (χ3v) is 26.2. The van der Waals surface area contributed by atoms with Crippen molar-refractivity contribution in [3.63, 3.8) is 0 Å². The summed E-state index contributed by atoms with van der Waals surface area (Å²) in [5.74, 6) is 9.87. The Labute approximate surface area is 916 Å². The summed E-state index contributed by atoms with van der Waals surface area (Å²) < 4.78 is 77.7. The van der Waals surface area contributed by atoms with E-state index in [0.717, 1.165) is 87.6 Å². The Balaban J connectivity index is 0.000000309. The fourth-order valence-electron chi connectivity index (χ4n) is 13.6. The minimum atomic E-state index is -0.585. The monoisotopic (exact) mass is 2130 g/mol. The number of carbonyl (C=O) groups excluding carboxylic acids is 4. The van der Waals surface area contributed by atoms with Gasteiger partial charge in [-0.15, -0.1) is 35.3 Å². The van der Waals surface area contributed by atoms with Crippen LogP contribution in [0.15, 0.2) is 295 Å². The summed E-state index contributed by atoms with van der Waals surface area (Å²) >= 11 is 11.3.